The third-order valence-corrected chi connectivity index (χ3v) is 7.69. The summed E-state index contributed by atoms with van der Waals surface area (Å²) in [4.78, 5) is 24.5. The minimum atomic E-state index is -2.66. The SMILES string of the molecule is CC1CCc2c(sc3nc(SCc4nccn4C(F)F)n(-c4ccccc4)c(=O)c23)C1. The number of aryl methyl sites for hydroxylation is 1. The van der Waals surface area contributed by atoms with Gasteiger partial charge in [-0.1, -0.05) is 36.9 Å². The van der Waals surface area contributed by atoms with Crippen LogP contribution in [-0.2, 0) is 18.6 Å². The van der Waals surface area contributed by atoms with E-state index < -0.39 is 6.55 Å². The fourth-order valence-electron chi connectivity index (χ4n) is 4.04. The molecule has 0 radical (unpaired) electrons. The van der Waals surface area contributed by atoms with E-state index in [0.29, 0.717) is 22.1 Å². The van der Waals surface area contributed by atoms with E-state index in [0.717, 1.165) is 34.2 Å². The maximum absolute atomic E-state index is 13.7. The number of hydrogen-bond acceptors (Lipinski definition) is 5. The number of rotatable bonds is 5. The van der Waals surface area contributed by atoms with Crippen molar-refractivity contribution in [1.29, 1.82) is 0 Å². The minimum Gasteiger partial charge on any atom is -0.277 e. The highest BCUT2D eigenvalue weighted by Crippen LogP contribution is 2.37. The second kappa shape index (κ2) is 8.20. The first-order chi connectivity index (χ1) is 15.0. The van der Waals surface area contributed by atoms with Crippen LogP contribution in [0, 0.1) is 5.92 Å². The fraction of sp³-hybridized carbons (Fsp3) is 0.318. The Labute approximate surface area is 185 Å². The van der Waals surface area contributed by atoms with Crippen LogP contribution in [0.15, 0.2) is 52.7 Å². The Morgan fingerprint density at radius 2 is 2.10 bits per heavy atom. The van der Waals surface area contributed by atoms with Crippen molar-refractivity contribution < 1.29 is 8.78 Å². The summed E-state index contributed by atoms with van der Waals surface area (Å²) in [5.74, 6) is 1.02. The summed E-state index contributed by atoms with van der Waals surface area (Å²) in [7, 11) is 0. The highest BCUT2D eigenvalue weighted by atomic mass is 32.2. The summed E-state index contributed by atoms with van der Waals surface area (Å²) in [6.45, 7) is -0.425. The zero-order valence-corrected chi connectivity index (χ0v) is 18.4. The Hall–Kier alpha value is -2.52. The number of alkyl halides is 2. The molecule has 160 valence electrons. The molecule has 1 aromatic carbocycles. The van der Waals surface area contributed by atoms with Gasteiger partial charge < -0.3 is 0 Å². The van der Waals surface area contributed by atoms with Crippen LogP contribution in [0.2, 0.25) is 0 Å². The van der Waals surface area contributed by atoms with Crippen molar-refractivity contribution in [2.45, 2.75) is 43.6 Å². The highest BCUT2D eigenvalue weighted by molar-refractivity contribution is 7.98. The van der Waals surface area contributed by atoms with Gasteiger partial charge in [-0.2, -0.15) is 8.78 Å². The molecule has 5 nitrogen and oxygen atoms in total. The maximum atomic E-state index is 13.7. The first-order valence-electron chi connectivity index (χ1n) is 10.1. The van der Waals surface area contributed by atoms with Crippen LogP contribution in [0.5, 0.6) is 0 Å². The van der Waals surface area contributed by atoms with Crippen LogP contribution in [0.3, 0.4) is 0 Å². The molecule has 0 amide bonds. The third-order valence-electron chi connectivity index (χ3n) is 5.60. The molecule has 0 N–H and O–H groups in total. The number of halogens is 2. The normalized spacial score (nSPS) is 16.2. The molecule has 1 aliphatic carbocycles. The quantitative estimate of drug-likeness (QED) is 0.295. The van der Waals surface area contributed by atoms with Crippen molar-refractivity contribution in [2.75, 3.05) is 0 Å². The summed E-state index contributed by atoms with van der Waals surface area (Å²) >= 11 is 2.84. The zero-order valence-electron chi connectivity index (χ0n) is 16.8. The molecule has 5 rings (SSSR count). The summed E-state index contributed by atoms with van der Waals surface area (Å²) in [5.41, 5.74) is 1.75. The van der Waals surface area contributed by atoms with Crippen molar-refractivity contribution >= 4 is 33.3 Å². The molecule has 3 heterocycles. The van der Waals surface area contributed by atoms with Crippen LogP contribution in [0.1, 0.15) is 36.2 Å². The Morgan fingerprint density at radius 3 is 2.87 bits per heavy atom. The lowest BCUT2D eigenvalue weighted by molar-refractivity contribution is 0.0678. The molecule has 1 aliphatic rings. The van der Waals surface area contributed by atoms with Gasteiger partial charge in [0, 0.05) is 17.3 Å². The van der Waals surface area contributed by atoms with Crippen LogP contribution in [0.4, 0.5) is 8.78 Å². The lowest BCUT2D eigenvalue weighted by Gasteiger charge is -2.17. The lowest BCUT2D eigenvalue weighted by atomic mass is 9.89. The number of thiophene rings is 1. The average Bonchev–Trinajstić information content (AvgIpc) is 3.36. The first-order valence-corrected chi connectivity index (χ1v) is 11.9. The Bertz CT molecular complexity index is 1300. The summed E-state index contributed by atoms with van der Waals surface area (Å²) in [5, 5.41) is 1.19. The summed E-state index contributed by atoms with van der Waals surface area (Å²) < 4.78 is 28.9. The highest BCUT2D eigenvalue weighted by Gasteiger charge is 2.25. The molecule has 0 fully saturated rings. The van der Waals surface area contributed by atoms with Gasteiger partial charge in [0.2, 0.25) is 0 Å². The molecule has 0 bridgehead atoms. The van der Waals surface area contributed by atoms with Crippen molar-refractivity contribution in [3.8, 4) is 5.69 Å². The molecule has 9 heteroatoms. The predicted molar refractivity (Wildman–Crippen MR) is 119 cm³/mol. The molecule has 0 aliphatic heterocycles. The average molecular weight is 459 g/mol. The molecule has 0 saturated heterocycles. The van der Waals surface area contributed by atoms with E-state index in [-0.39, 0.29) is 17.1 Å². The first kappa shape index (κ1) is 20.4. The number of thioether (sulfide) groups is 1. The molecule has 0 saturated carbocycles. The van der Waals surface area contributed by atoms with Crippen LogP contribution in [0.25, 0.3) is 15.9 Å². The van der Waals surface area contributed by atoms with E-state index in [2.05, 4.69) is 11.9 Å². The molecule has 1 unspecified atom stereocenters. The molecule has 1 atom stereocenters. The van der Waals surface area contributed by atoms with Crippen molar-refractivity contribution in [3.05, 3.63) is 69.3 Å². The smallest absolute Gasteiger partial charge is 0.277 e. The topological polar surface area (TPSA) is 52.7 Å². The van der Waals surface area contributed by atoms with E-state index in [1.807, 2.05) is 30.3 Å². The number of nitrogens with zero attached hydrogens (tertiary/aromatic N) is 4. The molecule has 3 aromatic heterocycles. The Morgan fingerprint density at radius 1 is 1.29 bits per heavy atom. The fourth-order valence-corrected chi connectivity index (χ4v) is 6.42. The lowest BCUT2D eigenvalue weighted by Crippen LogP contribution is -2.22. The van der Waals surface area contributed by atoms with Crippen LogP contribution >= 0.6 is 23.1 Å². The summed E-state index contributed by atoms with van der Waals surface area (Å²) in [6, 6.07) is 9.35. The maximum Gasteiger partial charge on any atom is 0.319 e. The second-order valence-corrected chi connectivity index (χ2v) is 9.75. The monoisotopic (exact) mass is 458 g/mol. The predicted octanol–water partition coefficient (Wildman–Crippen LogP) is 5.46. The van der Waals surface area contributed by atoms with E-state index in [1.165, 1.54) is 29.0 Å². The number of aromatic nitrogens is 4. The van der Waals surface area contributed by atoms with Crippen molar-refractivity contribution in [2.24, 2.45) is 5.92 Å². The van der Waals surface area contributed by atoms with Gasteiger partial charge in [0.1, 0.15) is 10.7 Å². The molecular formula is C22H20F2N4OS2. The van der Waals surface area contributed by atoms with Gasteiger partial charge in [0.15, 0.2) is 5.16 Å². The van der Waals surface area contributed by atoms with Crippen LogP contribution < -0.4 is 5.56 Å². The number of imidazole rings is 1. The Kier molecular flexibility index (Phi) is 5.39. The largest absolute Gasteiger partial charge is 0.319 e. The van der Waals surface area contributed by atoms with Crippen LogP contribution in [-0.4, -0.2) is 19.1 Å². The van der Waals surface area contributed by atoms with E-state index in [1.54, 1.807) is 15.9 Å². The van der Waals surface area contributed by atoms with Gasteiger partial charge in [-0.15, -0.1) is 11.3 Å². The molecule has 0 spiro atoms. The second-order valence-electron chi connectivity index (χ2n) is 7.72. The van der Waals surface area contributed by atoms with Gasteiger partial charge in [-0.05, 0) is 42.9 Å². The number of para-hydroxylation sites is 1. The third kappa shape index (κ3) is 3.70. The molecule has 31 heavy (non-hydrogen) atoms. The summed E-state index contributed by atoms with van der Waals surface area (Å²) in [6.07, 6.45) is 5.54. The van der Waals surface area contributed by atoms with E-state index >= 15 is 0 Å². The van der Waals surface area contributed by atoms with Gasteiger partial charge in [-0.25, -0.2) is 9.97 Å². The van der Waals surface area contributed by atoms with Gasteiger partial charge >= 0.3 is 6.55 Å². The van der Waals surface area contributed by atoms with Crippen molar-refractivity contribution in [3.63, 3.8) is 0 Å². The zero-order chi connectivity index (χ0) is 21.5. The van der Waals surface area contributed by atoms with E-state index in [9.17, 15) is 13.6 Å². The number of benzene rings is 1. The number of fused-ring (bicyclic) bond motifs is 3. The van der Waals surface area contributed by atoms with Crippen molar-refractivity contribution in [1.82, 2.24) is 19.1 Å². The number of hydrogen-bond donors (Lipinski definition) is 0. The Balaban J connectivity index is 1.64. The van der Waals surface area contributed by atoms with Gasteiger partial charge in [0.05, 0.1) is 16.8 Å². The van der Waals surface area contributed by atoms with Gasteiger partial charge in [-0.3, -0.25) is 13.9 Å². The minimum absolute atomic E-state index is 0.0945. The standard InChI is InChI=1S/C22H20F2N4OS2/c1-13-7-8-15-16(11-13)31-19-18(15)20(29)28(14-5-3-2-4-6-14)22(26-19)30-12-17-25-9-10-27(17)21(23)24/h2-6,9-10,13,21H,7-8,11-12H2,1H3. The molecule has 4 aromatic rings. The van der Waals surface area contributed by atoms with Gasteiger partial charge in [0.25, 0.3) is 5.56 Å². The van der Waals surface area contributed by atoms with E-state index in [4.69, 9.17) is 4.98 Å². The molecular weight excluding hydrogens is 438 g/mol.